The van der Waals surface area contributed by atoms with E-state index in [2.05, 4.69) is 5.32 Å². The third-order valence-corrected chi connectivity index (χ3v) is 2.67. The maximum Gasteiger partial charge on any atom is 0.321 e. The van der Waals surface area contributed by atoms with Gasteiger partial charge in [0.15, 0.2) is 5.82 Å². The van der Waals surface area contributed by atoms with Gasteiger partial charge in [-0.3, -0.25) is 14.9 Å². The Bertz CT molecular complexity index is 564. The Morgan fingerprint density at radius 3 is 2.62 bits per heavy atom. The Balaban J connectivity index is 2.77. The fourth-order valence-electron chi connectivity index (χ4n) is 1.55. The summed E-state index contributed by atoms with van der Waals surface area (Å²) < 4.78 is 13.6. The molecule has 0 atom stereocenters. The van der Waals surface area contributed by atoms with Crippen LogP contribution >= 0.6 is 0 Å². The zero-order valence-electron chi connectivity index (χ0n) is 11.2. The number of carbonyl (C=O) groups is 2. The van der Waals surface area contributed by atoms with Crippen molar-refractivity contribution in [2.75, 3.05) is 18.4 Å². The Labute approximate surface area is 119 Å². The molecular weight excluding hydrogens is 285 g/mol. The van der Waals surface area contributed by atoms with Crippen molar-refractivity contribution in [3.8, 4) is 0 Å². The number of halogens is 1. The smallest absolute Gasteiger partial charge is 0.321 e. The van der Waals surface area contributed by atoms with Gasteiger partial charge in [0.2, 0.25) is 0 Å². The van der Waals surface area contributed by atoms with Crippen molar-refractivity contribution in [2.45, 2.75) is 13.3 Å². The van der Waals surface area contributed by atoms with Gasteiger partial charge in [0, 0.05) is 19.2 Å². The topological polar surface area (TPSA) is 113 Å². The van der Waals surface area contributed by atoms with E-state index in [1.165, 1.54) is 4.90 Å². The maximum absolute atomic E-state index is 13.6. The number of nitrogens with one attached hydrogen (secondary N) is 1. The lowest BCUT2D eigenvalue weighted by Crippen LogP contribution is -2.36. The highest BCUT2D eigenvalue weighted by molar-refractivity contribution is 5.89. The van der Waals surface area contributed by atoms with Crippen LogP contribution in [0.4, 0.5) is 20.6 Å². The third kappa shape index (κ3) is 4.71. The van der Waals surface area contributed by atoms with Gasteiger partial charge < -0.3 is 15.3 Å². The molecule has 1 rings (SSSR count). The van der Waals surface area contributed by atoms with Crippen LogP contribution < -0.4 is 5.32 Å². The molecule has 0 unspecified atom stereocenters. The molecule has 0 radical (unpaired) electrons. The molecule has 0 aliphatic carbocycles. The van der Waals surface area contributed by atoms with E-state index >= 15 is 0 Å². The number of anilines is 1. The number of carbonyl (C=O) groups excluding carboxylic acids is 1. The first-order chi connectivity index (χ1) is 9.85. The molecule has 8 nitrogen and oxygen atoms in total. The van der Waals surface area contributed by atoms with Gasteiger partial charge in [-0.15, -0.1) is 0 Å². The number of carboxylic acids is 1. The molecule has 0 fully saturated rings. The molecule has 1 aromatic carbocycles. The first-order valence-electron chi connectivity index (χ1n) is 6.06. The number of nitro benzene ring substituents is 1. The van der Waals surface area contributed by atoms with Gasteiger partial charge >= 0.3 is 12.0 Å². The van der Waals surface area contributed by atoms with Crippen molar-refractivity contribution >= 4 is 23.4 Å². The van der Waals surface area contributed by atoms with Crippen LogP contribution in [0, 0.1) is 15.9 Å². The Kier molecular flexibility index (Phi) is 5.58. The standard InChI is InChI=1S/C12H14FN3O5/c1-2-15(6-5-11(17)18)12(19)14-10-4-3-8(16(20)21)7-9(10)13/h3-4,7H,2,5-6H2,1H3,(H,14,19)(H,17,18). The van der Waals surface area contributed by atoms with Gasteiger partial charge in [-0.05, 0) is 13.0 Å². The number of hydrogen-bond donors (Lipinski definition) is 2. The van der Waals surface area contributed by atoms with E-state index in [4.69, 9.17) is 5.11 Å². The van der Waals surface area contributed by atoms with Crippen LogP contribution in [0.25, 0.3) is 0 Å². The summed E-state index contributed by atoms with van der Waals surface area (Å²) in [7, 11) is 0. The summed E-state index contributed by atoms with van der Waals surface area (Å²) in [5.41, 5.74) is -0.636. The van der Waals surface area contributed by atoms with Crippen LogP contribution in [-0.2, 0) is 4.79 Å². The largest absolute Gasteiger partial charge is 0.481 e. The van der Waals surface area contributed by atoms with Gasteiger partial charge in [-0.25, -0.2) is 9.18 Å². The lowest BCUT2D eigenvalue weighted by atomic mass is 10.2. The molecule has 0 saturated carbocycles. The average Bonchev–Trinajstić information content (AvgIpc) is 2.41. The van der Waals surface area contributed by atoms with E-state index in [0.29, 0.717) is 6.07 Å². The zero-order chi connectivity index (χ0) is 16.0. The molecule has 21 heavy (non-hydrogen) atoms. The highest BCUT2D eigenvalue weighted by Crippen LogP contribution is 2.20. The summed E-state index contributed by atoms with van der Waals surface area (Å²) in [4.78, 5) is 33.2. The monoisotopic (exact) mass is 299 g/mol. The van der Waals surface area contributed by atoms with E-state index < -0.39 is 28.4 Å². The number of urea groups is 1. The molecule has 0 aliphatic heterocycles. The Morgan fingerprint density at radius 2 is 2.14 bits per heavy atom. The predicted molar refractivity (Wildman–Crippen MR) is 71.6 cm³/mol. The van der Waals surface area contributed by atoms with Gasteiger partial charge in [-0.1, -0.05) is 0 Å². The number of nitro groups is 1. The SMILES string of the molecule is CCN(CCC(=O)O)C(=O)Nc1ccc([N+](=O)[O-])cc1F. The van der Waals surface area contributed by atoms with Crippen molar-refractivity contribution in [3.05, 3.63) is 34.1 Å². The van der Waals surface area contributed by atoms with E-state index in [9.17, 15) is 24.1 Å². The molecule has 0 aromatic heterocycles. The minimum Gasteiger partial charge on any atom is -0.481 e. The molecule has 0 heterocycles. The summed E-state index contributed by atoms with van der Waals surface area (Å²) in [6.45, 7) is 1.87. The summed E-state index contributed by atoms with van der Waals surface area (Å²) >= 11 is 0. The lowest BCUT2D eigenvalue weighted by Gasteiger charge is -2.20. The zero-order valence-corrected chi connectivity index (χ0v) is 11.2. The molecule has 114 valence electrons. The van der Waals surface area contributed by atoms with Crippen LogP contribution in [0.15, 0.2) is 18.2 Å². The number of non-ortho nitro benzene ring substituents is 1. The number of nitrogens with zero attached hydrogens (tertiary/aromatic N) is 2. The second kappa shape index (κ2) is 7.17. The van der Waals surface area contributed by atoms with Crippen LogP contribution in [-0.4, -0.2) is 40.0 Å². The summed E-state index contributed by atoms with van der Waals surface area (Å²) in [5.74, 6) is -1.99. The number of aliphatic carboxylic acids is 1. The molecule has 0 spiro atoms. The first kappa shape index (κ1) is 16.3. The van der Waals surface area contributed by atoms with E-state index in [1.54, 1.807) is 6.92 Å². The van der Waals surface area contributed by atoms with Crippen molar-refractivity contribution < 1.29 is 24.0 Å². The van der Waals surface area contributed by atoms with Crippen LogP contribution in [0.2, 0.25) is 0 Å². The van der Waals surface area contributed by atoms with Gasteiger partial charge in [0.25, 0.3) is 5.69 Å². The van der Waals surface area contributed by atoms with E-state index in [1.807, 2.05) is 0 Å². The number of amides is 2. The van der Waals surface area contributed by atoms with Crippen molar-refractivity contribution in [1.29, 1.82) is 0 Å². The minimum atomic E-state index is -1.05. The summed E-state index contributed by atoms with van der Waals surface area (Å²) in [6.07, 6.45) is -0.232. The molecule has 2 N–H and O–H groups in total. The Morgan fingerprint density at radius 1 is 1.48 bits per heavy atom. The van der Waals surface area contributed by atoms with Gasteiger partial charge in [0.1, 0.15) is 0 Å². The average molecular weight is 299 g/mol. The number of rotatable bonds is 6. The van der Waals surface area contributed by atoms with Gasteiger partial charge in [0.05, 0.1) is 23.1 Å². The maximum atomic E-state index is 13.6. The van der Waals surface area contributed by atoms with Crippen molar-refractivity contribution in [3.63, 3.8) is 0 Å². The lowest BCUT2D eigenvalue weighted by molar-refractivity contribution is -0.385. The predicted octanol–water partition coefficient (Wildman–Crippen LogP) is 2.06. The fraction of sp³-hybridized carbons (Fsp3) is 0.333. The van der Waals surface area contributed by atoms with Crippen LogP contribution in [0.1, 0.15) is 13.3 Å². The number of carboxylic acid groups (broad SMARTS) is 1. The molecule has 0 aliphatic rings. The summed E-state index contributed by atoms with van der Waals surface area (Å²) in [6, 6.07) is 2.16. The highest BCUT2D eigenvalue weighted by atomic mass is 19.1. The molecule has 0 saturated heterocycles. The molecular formula is C12H14FN3O5. The first-order valence-corrected chi connectivity index (χ1v) is 6.06. The van der Waals surface area contributed by atoms with E-state index in [0.717, 1.165) is 12.1 Å². The second-order valence-electron chi connectivity index (χ2n) is 4.07. The minimum absolute atomic E-state index is 0.0216. The summed E-state index contributed by atoms with van der Waals surface area (Å²) in [5, 5.41) is 21.3. The molecule has 0 bridgehead atoms. The third-order valence-electron chi connectivity index (χ3n) is 2.67. The van der Waals surface area contributed by atoms with Crippen molar-refractivity contribution in [1.82, 2.24) is 4.90 Å². The normalized spacial score (nSPS) is 10.0. The van der Waals surface area contributed by atoms with Gasteiger partial charge in [-0.2, -0.15) is 0 Å². The highest BCUT2D eigenvalue weighted by Gasteiger charge is 2.16. The quantitative estimate of drug-likeness (QED) is 0.616. The fourth-order valence-corrected chi connectivity index (χ4v) is 1.55. The Hall–Kier alpha value is -2.71. The number of benzene rings is 1. The van der Waals surface area contributed by atoms with Crippen molar-refractivity contribution in [2.24, 2.45) is 0 Å². The van der Waals surface area contributed by atoms with Crippen LogP contribution in [0.5, 0.6) is 0 Å². The second-order valence-corrected chi connectivity index (χ2v) is 4.07. The molecule has 2 amide bonds. The molecule has 1 aromatic rings. The van der Waals surface area contributed by atoms with Crippen LogP contribution in [0.3, 0.4) is 0 Å². The molecule has 9 heteroatoms. The number of hydrogen-bond acceptors (Lipinski definition) is 4. The van der Waals surface area contributed by atoms with E-state index in [-0.39, 0.29) is 25.2 Å².